The van der Waals surface area contributed by atoms with Gasteiger partial charge in [-0.3, -0.25) is 14.5 Å². The molecule has 0 saturated carbocycles. The Bertz CT molecular complexity index is 884. The molecule has 0 aromatic heterocycles. The Morgan fingerprint density at radius 2 is 1.93 bits per heavy atom. The van der Waals surface area contributed by atoms with Crippen molar-refractivity contribution in [2.24, 2.45) is 5.92 Å². The predicted molar refractivity (Wildman–Crippen MR) is 112 cm³/mol. The van der Waals surface area contributed by atoms with Gasteiger partial charge in [-0.2, -0.15) is 0 Å². The molecule has 0 unspecified atom stereocenters. The Balaban J connectivity index is 2.04. The number of hydrogen-bond donors (Lipinski definition) is 1. The normalized spacial score (nSPS) is 16.4. The number of amides is 2. The van der Waals surface area contributed by atoms with Crippen molar-refractivity contribution in [1.82, 2.24) is 0 Å². The molecule has 1 heterocycles. The Morgan fingerprint density at radius 3 is 2.61 bits per heavy atom. The summed E-state index contributed by atoms with van der Waals surface area (Å²) in [6.45, 7) is 3.69. The van der Waals surface area contributed by atoms with Gasteiger partial charge in [-0.1, -0.05) is 32.0 Å². The van der Waals surface area contributed by atoms with Gasteiger partial charge in [0.1, 0.15) is 16.9 Å². The first kappa shape index (κ1) is 20.1. The number of nitrogens with one attached hydrogen (secondary N) is 1. The van der Waals surface area contributed by atoms with Crippen molar-refractivity contribution in [1.29, 1.82) is 0 Å². The van der Waals surface area contributed by atoms with Crippen molar-refractivity contribution < 1.29 is 19.1 Å². The van der Waals surface area contributed by atoms with Crippen LogP contribution in [0.15, 0.2) is 42.5 Å². The molecule has 28 heavy (non-hydrogen) atoms. The molecule has 0 aliphatic carbocycles. The number of anilines is 2. The van der Waals surface area contributed by atoms with Gasteiger partial charge < -0.3 is 14.8 Å². The Hall–Kier alpha value is -2.67. The van der Waals surface area contributed by atoms with Gasteiger partial charge in [-0.15, -0.1) is 11.8 Å². The van der Waals surface area contributed by atoms with E-state index in [1.807, 2.05) is 38.1 Å². The first-order valence-corrected chi connectivity index (χ1v) is 10.1. The zero-order valence-corrected chi connectivity index (χ0v) is 17.2. The second kappa shape index (κ2) is 8.56. The zero-order chi connectivity index (χ0) is 20.3. The van der Waals surface area contributed by atoms with Crippen LogP contribution in [-0.2, 0) is 9.59 Å². The fourth-order valence-electron chi connectivity index (χ4n) is 3.00. The molecule has 0 bridgehead atoms. The molecule has 1 aliphatic rings. The van der Waals surface area contributed by atoms with E-state index in [9.17, 15) is 9.59 Å². The minimum Gasteiger partial charge on any atom is -0.497 e. The highest BCUT2D eigenvalue weighted by molar-refractivity contribution is 8.00. The summed E-state index contributed by atoms with van der Waals surface area (Å²) in [7, 11) is 3.16. The fraction of sp³-hybridized carbons (Fsp3) is 0.333. The minimum atomic E-state index is -0.280. The number of benzene rings is 2. The van der Waals surface area contributed by atoms with E-state index >= 15 is 0 Å². The van der Waals surface area contributed by atoms with E-state index in [1.54, 1.807) is 37.3 Å². The van der Waals surface area contributed by atoms with Crippen LogP contribution < -0.4 is 19.7 Å². The van der Waals surface area contributed by atoms with Crippen molar-refractivity contribution in [2.45, 2.75) is 19.2 Å². The summed E-state index contributed by atoms with van der Waals surface area (Å²) in [5, 5.41) is 2.70. The van der Waals surface area contributed by atoms with Crippen LogP contribution in [0.1, 0.15) is 24.8 Å². The van der Waals surface area contributed by atoms with E-state index in [0.29, 0.717) is 28.6 Å². The molecule has 6 nitrogen and oxygen atoms in total. The highest BCUT2D eigenvalue weighted by Crippen LogP contribution is 2.47. The first-order valence-electron chi connectivity index (χ1n) is 9.01. The number of carbonyl (C=O) groups is 2. The largest absolute Gasteiger partial charge is 0.497 e. The van der Waals surface area contributed by atoms with E-state index in [2.05, 4.69) is 5.32 Å². The van der Waals surface area contributed by atoms with Crippen LogP contribution in [0.2, 0.25) is 0 Å². The summed E-state index contributed by atoms with van der Waals surface area (Å²) in [6.07, 6.45) is 0. The van der Waals surface area contributed by atoms with Crippen LogP contribution in [0.5, 0.6) is 11.5 Å². The van der Waals surface area contributed by atoms with E-state index < -0.39 is 0 Å². The first-order chi connectivity index (χ1) is 13.5. The maximum Gasteiger partial charge on any atom is 0.238 e. The van der Waals surface area contributed by atoms with Gasteiger partial charge in [0.15, 0.2) is 0 Å². The third-order valence-corrected chi connectivity index (χ3v) is 5.72. The molecule has 1 saturated heterocycles. The number of rotatable bonds is 6. The second-order valence-corrected chi connectivity index (χ2v) is 7.76. The lowest BCUT2D eigenvalue weighted by Gasteiger charge is -2.27. The standard InChI is InChI=1S/C21H24N2O4S/c1-13(2)20(25)22-16-8-6-5-7-15(16)21-23(19(24)12-28-21)17-11-14(26-3)9-10-18(17)27-4/h5-11,13,21H,12H2,1-4H3,(H,22,25)/t21-/m0/s1. The van der Waals surface area contributed by atoms with E-state index in [4.69, 9.17) is 9.47 Å². The van der Waals surface area contributed by atoms with E-state index in [1.165, 1.54) is 11.8 Å². The molecule has 0 radical (unpaired) electrons. The van der Waals surface area contributed by atoms with Gasteiger partial charge in [0.25, 0.3) is 0 Å². The summed E-state index contributed by atoms with van der Waals surface area (Å²) >= 11 is 1.52. The van der Waals surface area contributed by atoms with Crippen molar-refractivity contribution in [3.05, 3.63) is 48.0 Å². The third kappa shape index (κ3) is 3.94. The van der Waals surface area contributed by atoms with Gasteiger partial charge in [-0.25, -0.2) is 0 Å². The predicted octanol–water partition coefficient (Wildman–Crippen LogP) is 4.08. The lowest BCUT2D eigenvalue weighted by atomic mass is 10.1. The van der Waals surface area contributed by atoms with Gasteiger partial charge in [0, 0.05) is 23.2 Å². The lowest BCUT2D eigenvalue weighted by Crippen LogP contribution is -2.29. The van der Waals surface area contributed by atoms with Gasteiger partial charge >= 0.3 is 0 Å². The number of thioether (sulfide) groups is 1. The fourth-order valence-corrected chi connectivity index (χ4v) is 4.21. The average Bonchev–Trinajstić information content (AvgIpc) is 3.08. The van der Waals surface area contributed by atoms with Gasteiger partial charge in [-0.05, 0) is 18.2 Å². The Morgan fingerprint density at radius 1 is 1.18 bits per heavy atom. The van der Waals surface area contributed by atoms with E-state index in [0.717, 1.165) is 5.56 Å². The van der Waals surface area contributed by atoms with Crippen LogP contribution >= 0.6 is 11.8 Å². The minimum absolute atomic E-state index is 0.0217. The number of carbonyl (C=O) groups excluding carboxylic acids is 2. The highest BCUT2D eigenvalue weighted by atomic mass is 32.2. The quantitative estimate of drug-likeness (QED) is 0.791. The molecular formula is C21H24N2O4S. The van der Waals surface area contributed by atoms with Crippen molar-refractivity contribution in [3.8, 4) is 11.5 Å². The topological polar surface area (TPSA) is 67.9 Å². The smallest absolute Gasteiger partial charge is 0.238 e. The van der Waals surface area contributed by atoms with Crippen LogP contribution in [0.3, 0.4) is 0 Å². The molecule has 1 atom stereocenters. The third-order valence-electron chi connectivity index (χ3n) is 4.52. The monoisotopic (exact) mass is 400 g/mol. The van der Waals surface area contributed by atoms with E-state index in [-0.39, 0.29) is 23.1 Å². The molecule has 2 aromatic carbocycles. The molecule has 7 heteroatoms. The molecule has 1 aliphatic heterocycles. The number of ether oxygens (including phenoxy) is 2. The summed E-state index contributed by atoms with van der Waals surface area (Å²) < 4.78 is 10.8. The van der Waals surface area contributed by atoms with Crippen LogP contribution in [0.25, 0.3) is 0 Å². The van der Waals surface area contributed by atoms with Crippen molar-refractivity contribution in [3.63, 3.8) is 0 Å². The molecule has 2 aromatic rings. The molecule has 148 valence electrons. The number of hydrogen-bond acceptors (Lipinski definition) is 5. The van der Waals surface area contributed by atoms with Crippen LogP contribution in [0, 0.1) is 5.92 Å². The van der Waals surface area contributed by atoms with Crippen molar-refractivity contribution in [2.75, 3.05) is 30.2 Å². The number of para-hydroxylation sites is 1. The summed E-state index contributed by atoms with van der Waals surface area (Å²) in [5.41, 5.74) is 2.23. The highest BCUT2D eigenvalue weighted by Gasteiger charge is 2.37. The lowest BCUT2D eigenvalue weighted by molar-refractivity contribution is -0.119. The molecule has 1 N–H and O–H groups in total. The average molecular weight is 401 g/mol. The number of nitrogens with zero attached hydrogens (tertiary/aromatic N) is 1. The molecule has 3 rings (SSSR count). The summed E-state index contributed by atoms with van der Waals surface area (Å²) in [4.78, 5) is 26.7. The Labute approximate surface area is 169 Å². The molecule has 1 fully saturated rings. The molecular weight excluding hydrogens is 376 g/mol. The van der Waals surface area contributed by atoms with Gasteiger partial charge in [0.2, 0.25) is 11.8 Å². The zero-order valence-electron chi connectivity index (χ0n) is 16.4. The molecule has 0 spiro atoms. The summed E-state index contributed by atoms with van der Waals surface area (Å²) in [5.74, 6) is 1.35. The van der Waals surface area contributed by atoms with Crippen LogP contribution in [-0.4, -0.2) is 31.8 Å². The number of methoxy groups -OCH3 is 2. The van der Waals surface area contributed by atoms with Gasteiger partial charge in [0.05, 0.1) is 25.7 Å². The maximum absolute atomic E-state index is 12.8. The Kier molecular flexibility index (Phi) is 6.14. The van der Waals surface area contributed by atoms with Crippen molar-refractivity contribution >= 4 is 35.0 Å². The summed E-state index contributed by atoms with van der Waals surface area (Å²) in [6, 6.07) is 13.0. The molecule has 2 amide bonds. The maximum atomic E-state index is 12.8. The second-order valence-electron chi connectivity index (χ2n) is 6.70. The SMILES string of the molecule is COc1ccc(OC)c(N2C(=O)CS[C@H]2c2ccccc2NC(=O)C(C)C)c1. The van der Waals surface area contributed by atoms with Crippen LogP contribution in [0.4, 0.5) is 11.4 Å².